The van der Waals surface area contributed by atoms with Gasteiger partial charge in [0.1, 0.15) is 5.82 Å². The lowest BCUT2D eigenvalue weighted by Gasteiger charge is -1.97. The SMILES string of the molecule is O=[N+]([O-])c1ccc(N=Nc2c(O)[nH]c3ccc(F)cc23)c([N+](=O)[O-])c1. The zero-order valence-electron chi connectivity index (χ0n) is 12.2. The third-order valence-electron chi connectivity index (χ3n) is 3.34. The molecule has 0 fully saturated rings. The van der Waals surface area contributed by atoms with Crippen LogP contribution in [0.25, 0.3) is 10.9 Å². The normalized spacial score (nSPS) is 11.2. The molecule has 2 N–H and O–H groups in total. The van der Waals surface area contributed by atoms with E-state index < -0.39 is 32.9 Å². The van der Waals surface area contributed by atoms with Crippen LogP contribution in [0.4, 0.5) is 27.1 Å². The molecule has 1 heterocycles. The van der Waals surface area contributed by atoms with Crippen LogP contribution in [0.5, 0.6) is 5.88 Å². The summed E-state index contributed by atoms with van der Waals surface area (Å²) in [4.78, 5) is 22.7. The summed E-state index contributed by atoms with van der Waals surface area (Å²) < 4.78 is 13.4. The van der Waals surface area contributed by atoms with Gasteiger partial charge in [0.2, 0.25) is 5.88 Å². The van der Waals surface area contributed by atoms with Gasteiger partial charge < -0.3 is 10.1 Å². The standard InChI is InChI=1S/C14H8FN5O5/c15-7-1-3-10-9(5-7)13(14(21)16-10)18-17-11-4-2-8(19(22)23)6-12(11)20(24)25/h1-6,16,21H. The highest BCUT2D eigenvalue weighted by molar-refractivity contribution is 5.94. The number of nitro benzene ring substituents is 2. The van der Waals surface area contributed by atoms with Crippen molar-refractivity contribution in [1.29, 1.82) is 0 Å². The van der Waals surface area contributed by atoms with Gasteiger partial charge in [-0.25, -0.2) is 4.39 Å². The van der Waals surface area contributed by atoms with E-state index in [-0.39, 0.29) is 16.8 Å². The Labute approximate surface area is 137 Å². The van der Waals surface area contributed by atoms with Crippen molar-refractivity contribution in [3.8, 4) is 5.88 Å². The van der Waals surface area contributed by atoms with Crippen LogP contribution in [0.15, 0.2) is 46.6 Å². The van der Waals surface area contributed by atoms with Gasteiger partial charge in [-0.2, -0.15) is 0 Å². The molecule has 3 aromatic rings. The van der Waals surface area contributed by atoms with E-state index in [0.29, 0.717) is 5.52 Å². The van der Waals surface area contributed by atoms with E-state index in [0.717, 1.165) is 24.3 Å². The fourth-order valence-electron chi connectivity index (χ4n) is 2.20. The number of hydrogen-bond acceptors (Lipinski definition) is 7. The van der Waals surface area contributed by atoms with Gasteiger partial charge in [0, 0.05) is 11.5 Å². The number of non-ortho nitro benzene ring substituents is 1. The molecule has 0 spiro atoms. The number of aromatic nitrogens is 1. The molecule has 0 aliphatic carbocycles. The third kappa shape index (κ3) is 2.97. The predicted octanol–water partition coefficient (Wildman–Crippen LogP) is 4.24. The maximum atomic E-state index is 13.4. The molecule has 0 saturated heterocycles. The van der Waals surface area contributed by atoms with Crippen LogP contribution >= 0.6 is 0 Å². The number of hydrogen-bond donors (Lipinski definition) is 2. The van der Waals surface area contributed by atoms with Gasteiger partial charge in [-0.15, -0.1) is 10.2 Å². The number of H-pyrrole nitrogens is 1. The van der Waals surface area contributed by atoms with Gasteiger partial charge in [0.05, 0.1) is 21.4 Å². The number of rotatable bonds is 4. The minimum Gasteiger partial charge on any atom is -0.493 e. The van der Waals surface area contributed by atoms with E-state index in [1.807, 2.05) is 0 Å². The van der Waals surface area contributed by atoms with Gasteiger partial charge in [0.25, 0.3) is 5.69 Å². The van der Waals surface area contributed by atoms with Crippen molar-refractivity contribution in [1.82, 2.24) is 4.98 Å². The summed E-state index contributed by atoms with van der Waals surface area (Å²) in [6.45, 7) is 0. The first-order chi connectivity index (χ1) is 11.9. The van der Waals surface area contributed by atoms with Gasteiger partial charge in [-0.3, -0.25) is 20.2 Å². The number of azo groups is 1. The zero-order valence-corrected chi connectivity index (χ0v) is 12.2. The minimum absolute atomic E-state index is 0.109. The Bertz CT molecular complexity index is 1050. The van der Waals surface area contributed by atoms with Crippen molar-refractivity contribution in [2.45, 2.75) is 0 Å². The lowest BCUT2D eigenvalue weighted by Crippen LogP contribution is -1.92. The van der Waals surface area contributed by atoms with Crippen molar-refractivity contribution in [3.63, 3.8) is 0 Å². The van der Waals surface area contributed by atoms with Crippen molar-refractivity contribution < 1.29 is 19.3 Å². The summed E-state index contributed by atoms with van der Waals surface area (Å²) in [5, 5.41) is 39.2. The van der Waals surface area contributed by atoms with E-state index in [1.165, 1.54) is 12.1 Å². The highest BCUT2D eigenvalue weighted by Crippen LogP contribution is 2.38. The molecule has 0 saturated carbocycles. The lowest BCUT2D eigenvalue weighted by molar-refractivity contribution is -0.393. The van der Waals surface area contributed by atoms with Crippen LogP contribution in [-0.4, -0.2) is 19.9 Å². The second-order valence-corrected chi connectivity index (χ2v) is 4.90. The van der Waals surface area contributed by atoms with E-state index in [2.05, 4.69) is 15.2 Å². The van der Waals surface area contributed by atoms with E-state index in [9.17, 15) is 29.7 Å². The molecule has 11 heteroatoms. The summed E-state index contributed by atoms with van der Waals surface area (Å²) in [5.74, 6) is -0.960. The lowest BCUT2D eigenvalue weighted by atomic mass is 10.2. The molecular formula is C14H8FN5O5. The van der Waals surface area contributed by atoms with Crippen molar-refractivity contribution in [2.24, 2.45) is 10.2 Å². The number of aromatic amines is 1. The molecule has 0 amide bonds. The van der Waals surface area contributed by atoms with Crippen LogP contribution in [-0.2, 0) is 0 Å². The van der Waals surface area contributed by atoms with Crippen molar-refractivity contribution >= 4 is 33.7 Å². The Morgan fingerprint density at radius 1 is 1.04 bits per heavy atom. The number of nitrogens with zero attached hydrogens (tertiary/aromatic N) is 4. The van der Waals surface area contributed by atoms with Crippen LogP contribution in [0.1, 0.15) is 0 Å². The van der Waals surface area contributed by atoms with Crippen LogP contribution in [0, 0.1) is 26.0 Å². The molecule has 0 radical (unpaired) electrons. The van der Waals surface area contributed by atoms with Gasteiger partial charge in [-0.1, -0.05) is 0 Å². The molecule has 0 aliphatic heterocycles. The fraction of sp³-hybridized carbons (Fsp3) is 0. The Hall–Kier alpha value is -3.89. The smallest absolute Gasteiger partial charge is 0.303 e. The summed E-state index contributed by atoms with van der Waals surface area (Å²) >= 11 is 0. The second kappa shape index (κ2) is 5.96. The summed E-state index contributed by atoms with van der Waals surface area (Å²) in [7, 11) is 0. The highest BCUT2D eigenvalue weighted by Gasteiger charge is 2.20. The first kappa shape index (κ1) is 16.0. The molecule has 126 valence electrons. The summed E-state index contributed by atoms with van der Waals surface area (Å²) in [5.41, 5.74) is -1.06. The first-order valence-electron chi connectivity index (χ1n) is 6.71. The summed E-state index contributed by atoms with van der Waals surface area (Å²) in [6.07, 6.45) is 0. The van der Waals surface area contributed by atoms with E-state index >= 15 is 0 Å². The highest BCUT2D eigenvalue weighted by atomic mass is 19.1. The molecule has 10 nitrogen and oxygen atoms in total. The number of halogens is 1. The number of benzene rings is 2. The third-order valence-corrected chi connectivity index (χ3v) is 3.34. The van der Waals surface area contributed by atoms with Crippen LogP contribution in [0.2, 0.25) is 0 Å². The number of aromatic hydroxyl groups is 1. The molecule has 25 heavy (non-hydrogen) atoms. The van der Waals surface area contributed by atoms with Crippen molar-refractivity contribution in [3.05, 3.63) is 62.4 Å². The van der Waals surface area contributed by atoms with Crippen LogP contribution < -0.4 is 0 Å². The van der Waals surface area contributed by atoms with E-state index in [4.69, 9.17) is 0 Å². The zero-order chi connectivity index (χ0) is 18.1. The monoisotopic (exact) mass is 345 g/mol. The number of nitro groups is 2. The Morgan fingerprint density at radius 3 is 2.48 bits per heavy atom. The first-order valence-corrected chi connectivity index (χ1v) is 6.71. The molecular weight excluding hydrogens is 337 g/mol. The van der Waals surface area contributed by atoms with E-state index in [1.54, 1.807) is 0 Å². The Morgan fingerprint density at radius 2 is 1.80 bits per heavy atom. The predicted molar refractivity (Wildman–Crippen MR) is 83.8 cm³/mol. The average molecular weight is 345 g/mol. The topological polar surface area (TPSA) is 147 Å². The fourth-order valence-corrected chi connectivity index (χ4v) is 2.20. The maximum Gasteiger partial charge on any atom is 0.303 e. The van der Waals surface area contributed by atoms with Gasteiger partial charge >= 0.3 is 5.69 Å². The number of fused-ring (bicyclic) bond motifs is 1. The average Bonchev–Trinajstić information content (AvgIpc) is 2.87. The molecule has 0 atom stereocenters. The maximum absolute atomic E-state index is 13.4. The van der Waals surface area contributed by atoms with Crippen molar-refractivity contribution in [2.75, 3.05) is 0 Å². The quantitative estimate of drug-likeness (QED) is 0.412. The van der Waals surface area contributed by atoms with Gasteiger partial charge in [-0.05, 0) is 24.3 Å². The Balaban J connectivity index is 2.08. The second-order valence-electron chi connectivity index (χ2n) is 4.90. The molecule has 1 aromatic heterocycles. The van der Waals surface area contributed by atoms with Gasteiger partial charge in [0.15, 0.2) is 11.4 Å². The molecule has 0 aliphatic rings. The summed E-state index contributed by atoms with van der Waals surface area (Å²) in [6, 6.07) is 6.54. The Kier molecular flexibility index (Phi) is 3.81. The molecule has 2 aromatic carbocycles. The molecule has 0 unspecified atom stereocenters. The molecule has 0 bridgehead atoms. The largest absolute Gasteiger partial charge is 0.493 e. The minimum atomic E-state index is -0.837. The molecule has 3 rings (SSSR count). The van der Waals surface area contributed by atoms with Crippen LogP contribution in [0.3, 0.4) is 0 Å². The number of nitrogens with one attached hydrogen (secondary N) is 1.